The third-order valence-corrected chi connectivity index (χ3v) is 7.62. The normalized spacial score (nSPS) is 12.5. The van der Waals surface area contributed by atoms with Gasteiger partial charge < -0.3 is 16.8 Å². The molecular weight excluding hydrogens is 486 g/mol. The first kappa shape index (κ1) is 25.4. The first-order chi connectivity index (χ1) is 19.6. The van der Waals surface area contributed by atoms with E-state index in [2.05, 4.69) is 134 Å². The molecule has 0 radical (unpaired) electrons. The van der Waals surface area contributed by atoms with Crippen molar-refractivity contribution in [3.8, 4) is 11.1 Å². The molecule has 1 atom stereocenters. The molecular formula is C37H33N3. The van der Waals surface area contributed by atoms with Crippen LogP contribution in [-0.4, -0.2) is 0 Å². The molecule has 196 valence electrons. The monoisotopic (exact) mass is 519 g/mol. The molecule has 6 aromatic carbocycles. The van der Waals surface area contributed by atoms with E-state index in [9.17, 15) is 0 Å². The largest absolute Gasteiger partial charge is 0.398 e. The summed E-state index contributed by atoms with van der Waals surface area (Å²) in [6, 6.07) is 44.5. The SMILES string of the molecule is Cc1ccc2ccc3cc(-c4cccc(C(N)N/C(=C\Cc5ccccc5)c5ccccc5)c4)ccc3c2c1N. The van der Waals surface area contributed by atoms with E-state index >= 15 is 0 Å². The Balaban J connectivity index is 1.30. The number of aryl methyl sites for hydroxylation is 1. The average Bonchev–Trinajstić information content (AvgIpc) is 3.01. The standard InChI is InChI=1S/C37H33N3/c1-25-15-17-28-18-19-31-23-30(20-21-33(31)35(28)36(25)38)29-13-8-14-32(24-29)37(39)40-34(27-11-6-3-7-12-27)22-16-26-9-4-2-5-10-26/h2-15,17-24,37,40H,16,38-39H2,1H3/b34-22-. The van der Waals surface area contributed by atoms with Crippen molar-refractivity contribution in [1.29, 1.82) is 0 Å². The first-order valence-electron chi connectivity index (χ1n) is 13.7. The van der Waals surface area contributed by atoms with Crippen molar-refractivity contribution in [3.63, 3.8) is 0 Å². The fourth-order valence-electron chi connectivity index (χ4n) is 5.34. The molecule has 1 unspecified atom stereocenters. The third kappa shape index (κ3) is 5.20. The van der Waals surface area contributed by atoms with Crippen LogP contribution in [0.4, 0.5) is 5.69 Å². The molecule has 0 aliphatic carbocycles. The van der Waals surface area contributed by atoms with E-state index in [1.54, 1.807) is 0 Å². The lowest BCUT2D eigenvalue weighted by Gasteiger charge is -2.20. The Hall–Kier alpha value is -4.86. The molecule has 6 aromatic rings. The van der Waals surface area contributed by atoms with E-state index in [1.807, 2.05) is 12.1 Å². The smallest absolute Gasteiger partial charge is 0.101 e. The van der Waals surface area contributed by atoms with Gasteiger partial charge in [0.1, 0.15) is 6.17 Å². The van der Waals surface area contributed by atoms with E-state index in [0.29, 0.717) is 0 Å². The maximum Gasteiger partial charge on any atom is 0.101 e. The van der Waals surface area contributed by atoms with E-state index in [4.69, 9.17) is 11.5 Å². The van der Waals surface area contributed by atoms with Crippen LogP contribution >= 0.6 is 0 Å². The Morgan fingerprint density at radius 1 is 0.725 bits per heavy atom. The van der Waals surface area contributed by atoms with Gasteiger partial charge in [-0.2, -0.15) is 0 Å². The number of allylic oxidation sites excluding steroid dienone is 1. The second kappa shape index (κ2) is 11.1. The van der Waals surface area contributed by atoms with Crippen LogP contribution in [0.5, 0.6) is 0 Å². The third-order valence-electron chi connectivity index (χ3n) is 7.62. The summed E-state index contributed by atoms with van der Waals surface area (Å²) < 4.78 is 0. The van der Waals surface area contributed by atoms with Gasteiger partial charge in [0.25, 0.3) is 0 Å². The van der Waals surface area contributed by atoms with Gasteiger partial charge in [0, 0.05) is 16.8 Å². The number of hydrogen-bond donors (Lipinski definition) is 3. The van der Waals surface area contributed by atoms with Gasteiger partial charge in [0.15, 0.2) is 0 Å². The van der Waals surface area contributed by atoms with Crippen LogP contribution < -0.4 is 16.8 Å². The Morgan fingerprint density at radius 2 is 1.43 bits per heavy atom. The van der Waals surface area contributed by atoms with E-state index in [0.717, 1.165) is 56.4 Å². The van der Waals surface area contributed by atoms with Gasteiger partial charge in [-0.25, -0.2) is 0 Å². The van der Waals surface area contributed by atoms with Gasteiger partial charge >= 0.3 is 0 Å². The van der Waals surface area contributed by atoms with Crippen LogP contribution in [-0.2, 0) is 6.42 Å². The summed E-state index contributed by atoms with van der Waals surface area (Å²) in [7, 11) is 0. The number of anilines is 1. The van der Waals surface area contributed by atoms with Crippen LogP contribution in [0.1, 0.15) is 28.4 Å². The lowest BCUT2D eigenvalue weighted by molar-refractivity contribution is 0.666. The van der Waals surface area contributed by atoms with Crippen LogP contribution in [0, 0.1) is 6.92 Å². The van der Waals surface area contributed by atoms with Gasteiger partial charge in [-0.15, -0.1) is 0 Å². The number of fused-ring (bicyclic) bond motifs is 3. The maximum absolute atomic E-state index is 6.77. The molecule has 3 nitrogen and oxygen atoms in total. The van der Waals surface area contributed by atoms with E-state index < -0.39 is 0 Å². The van der Waals surface area contributed by atoms with E-state index in [-0.39, 0.29) is 6.17 Å². The molecule has 0 amide bonds. The van der Waals surface area contributed by atoms with Crippen molar-refractivity contribution in [3.05, 3.63) is 156 Å². The maximum atomic E-state index is 6.77. The number of nitrogens with one attached hydrogen (secondary N) is 1. The predicted octanol–water partition coefficient (Wildman–Crippen LogP) is 8.38. The zero-order chi connectivity index (χ0) is 27.5. The quantitative estimate of drug-likeness (QED) is 0.113. The van der Waals surface area contributed by atoms with Gasteiger partial charge in [-0.1, -0.05) is 121 Å². The molecule has 40 heavy (non-hydrogen) atoms. The predicted molar refractivity (Wildman–Crippen MR) is 171 cm³/mol. The second-order valence-corrected chi connectivity index (χ2v) is 10.3. The Morgan fingerprint density at radius 3 is 2.23 bits per heavy atom. The highest BCUT2D eigenvalue weighted by Crippen LogP contribution is 2.34. The molecule has 5 N–H and O–H groups in total. The minimum atomic E-state index is -0.366. The highest BCUT2D eigenvalue weighted by Gasteiger charge is 2.12. The molecule has 0 aliphatic rings. The number of benzene rings is 6. The molecule has 0 fully saturated rings. The minimum Gasteiger partial charge on any atom is -0.398 e. The van der Waals surface area contributed by atoms with E-state index in [1.165, 1.54) is 16.3 Å². The number of nitrogen functional groups attached to an aromatic ring is 1. The molecule has 3 heteroatoms. The first-order valence-corrected chi connectivity index (χ1v) is 13.7. The van der Waals surface area contributed by atoms with Gasteiger partial charge in [-0.05, 0) is 75.0 Å². The number of hydrogen-bond acceptors (Lipinski definition) is 3. The molecule has 0 saturated carbocycles. The number of rotatable bonds is 7. The van der Waals surface area contributed by atoms with Gasteiger partial charge in [-0.3, -0.25) is 0 Å². The summed E-state index contributed by atoms with van der Waals surface area (Å²) in [5.41, 5.74) is 21.9. The summed E-state index contributed by atoms with van der Waals surface area (Å²) in [4.78, 5) is 0. The van der Waals surface area contributed by atoms with Crippen molar-refractivity contribution in [1.82, 2.24) is 5.32 Å². The Labute approximate surface area is 235 Å². The van der Waals surface area contributed by atoms with Crippen molar-refractivity contribution < 1.29 is 0 Å². The molecule has 0 spiro atoms. The van der Waals surface area contributed by atoms with Crippen molar-refractivity contribution in [2.24, 2.45) is 5.73 Å². The summed E-state index contributed by atoms with van der Waals surface area (Å²) in [6.07, 6.45) is 2.67. The molecule has 0 aromatic heterocycles. The van der Waals surface area contributed by atoms with Crippen LogP contribution in [0.2, 0.25) is 0 Å². The fraction of sp³-hybridized carbons (Fsp3) is 0.0811. The van der Waals surface area contributed by atoms with Crippen LogP contribution in [0.25, 0.3) is 38.4 Å². The topological polar surface area (TPSA) is 64.1 Å². The summed E-state index contributed by atoms with van der Waals surface area (Å²) in [5, 5.41) is 8.22. The lowest BCUT2D eigenvalue weighted by Crippen LogP contribution is -2.27. The zero-order valence-corrected chi connectivity index (χ0v) is 22.6. The molecule has 0 aliphatic heterocycles. The molecule has 6 rings (SSSR count). The van der Waals surface area contributed by atoms with Crippen molar-refractivity contribution in [2.45, 2.75) is 19.5 Å². The van der Waals surface area contributed by atoms with Crippen LogP contribution in [0.15, 0.2) is 133 Å². The van der Waals surface area contributed by atoms with Crippen LogP contribution in [0.3, 0.4) is 0 Å². The lowest BCUT2D eigenvalue weighted by atomic mass is 9.94. The summed E-state index contributed by atoms with van der Waals surface area (Å²) >= 11 is 0. The highest BCUT2D eigenvalue weighted by molar-refractivity contribution is 6.14. The zero-order valence-electron chi connectivity index (χ0n) is 22.6. The van der Waals surface area contributed by atoms with Crippen molar-refractivity contribution >= 4 is 32.9 Å². The average molecular weight is 520 g/mol. The second-order valence-electron chi connectivity index (χ2n) is 10.3. The Kier molecular flexibility index (Phi) is 7.05. The fourth-order valence-corrected chi connectivity index (χ4v) is 5.34. The number of nitrogens with two attached hydrogens (primary N) is 2. The summed E-state index contributed by atoms with van der Waals surface area (Å²) in [6.45, 7) is 2.06. The molecule has 0 bridgehead atoms. The minimum absolute atomic E-state index is 0.366. The Bertz CT molecular complexity index is 1820. The van der Waals surface area contributed by atoms with Crippen molar-refractivity contribution in [2.75, 3.05) is 5.73 Å². The van der Waals surface area contributed by atoms with Gasteiger partial charge in [0.05, 0.1) is 0 Å². The highest BCUT2D eigenvalue weighted by atomic mass is 15.0. The van der Waals surface area contributed by atoms with Gasteiger partial charge in [0.2, 0.25) is 0 Å². The summed E-state index contributed by atoms with van der Waals surface area (Å²) in [5.74, 6) is 0. The molecule has 0 saturated heterocycles. The molecule has 0 heterocycles.